The first-order chi connectivity index (χ1) is 6.34. The molecule has 1 aliphatic rings. The van der Waals surface area contributed by atoms with Gasteiger partial charge < -0.3 is 5.32 Å². The lowest BCUT2D eigenvalue weighted by Crippen LogP contribution is -2.14. The first-order valence-corrected chi connectivity index (χ1v) is 5.99. The summed E-state index contributed by atoms with van der Waals surface area (Å²) in [6.07, 6.45) is 4.25. The lowest BCUT2D eigenvalue weighted by Gasteiger charge is -2.00. The van der Waals surface area contributed by atoms with Crippen molar-refractivity contribution in [1.82, 2.24) is 5.32 Å². The summed E-state index contributed by atoms with van der Waals surface area (Å²) in [5.41, 5.74) is 0. The fourth-order valence-corrected chi connectivity index (χ4v) is 2.43. The number of hydrogen-bond donors (Lipinski definition) is 1. The van der Waals surface area contributed by atoms with Gasteiger partial charge in [0.25, 0.3) is 0 Å². The average molecular weight is 216 g/mol. The second kappa shape index (κ2) is 4.45. The van der Waals surface area contributed by atoms with Crippen molar-refractivity contribution >= 4 is 22.9 Å². The highest BCUT2D eigenvalue weighted by Gasteiger charge is 2.19. The van der Waals surface area contributed by atoms with Crippen LogP contribution in [0.15, 0.2) is 12.1 Å². The van der Waals surface area contributed by atoms with Gasteiger partial charge in [0, 0.05) is 11.4 Å². The first kappa shape index (κ1) is 9.50. The van der Waals surface area contributed by atoms with E-state index < -0.39 is 0 Å². The molecule has 1 aliphatic carbocycles. The predicted octanol–water partition coefficient (Wildman–Crippen LogP) is 3.29. The minimum atomic E-state index is 0.888. The molecule has 0 bridgehead atoms. The van der Waals surface area contributed by atoms with Gasteiger partial charge in [0.05, 0.1) is 4.34 Å². The maximum atomic E-state index is 5.82. The zero-order chi connectivity index (χ0) is 9.10. The lowest BCUT2D eigenvalue weighted by molar-refractivity contribution is 0.616. The predicted molar refractivity (Wildman–Crippen MR) is 58.4 cm³/mol. The Labute approximate surface area is 88.1 Å². The maximum absolute atomic E-state index is 5.82. The van der Waals surface area contributed by atoms with Crippen molar-refractivity contribution < 1.29 is 0 Å². The van der Waals surface area contributed by atoms with Crippen LogP contribution in [-0.2, 0) is 6.54 Å². The van der Waals surface area contributed by atoms with Gasteiger partial charge in [-0.2, -0.15) is 0 Å². The van der Waals surface area contributed by atoms with Gasteiger partial charge in [0.2, 0.25) is 0 Å². The zero-order valence-corrected chi connectivity index (χ0v) is 9.13. The van der Waals surface area contributed by atoms with E-state index in [0.717, 1.165) is 23.3 Å². The molecule has 1 aromatic heterocycles. The summed E-state index contributed by atoms with van der Waals surface area (Å²) in [5, 5.41) is 3.44. The molecule has 0 radical (unpaired) electrons. The fourth-order valence-electron chi connectivity index (χ4n) is 1.37. The fraction of sp³-hybridized carbons (Fsp3) is 0.600. The number of thiophene rings is 1. The first-order valence-electron chi connectivity index (χ1n) is 4.79. The van der Waals surface area contributed by atoms with Crippen LogP contribution in [0.25, 0.3) is 0 Å². The van der Waals surface area contributed by atoms with Gasteiger partial charge in [-0.05, 0) is 31.0 Å². The molecule has 0 aromatic carbocycles. The zero-order valence-electron chi connectivity index (χ0n) is 7.55. The van der Waals surface area contributed by atoms with Crippen molar-refractivity contribution in [2.75, 3.05) is 6.54 Å². The SMILES string of the molecule is Clc1ccc(CNCCC2CC2)s1. The van der Waals surface area contributed by atoms with Gasteiger partial charge in [0.1, 0.15) is 0 Å². The van der Waals surface area contributed by atoms with E-state index in [9.17, 15) is 0 Å². The molecule has 1 heterocycles. The van der Waals surface area contributed by atoms with Crippen molar-refractivity contribution in [1.29, 1.82) is 0 Å². The van der Waals surface area contributed by atoms with Gasteiger partial charge in [0.15, 0.2) is 0 Å². The molecule has 0 atom stereocenters. The summed E-state index contributed by atoms with van der Waals surface area (Å²) >= 11 is 7.49. The van der Waals surface area contributed by atoms with E-state index >= 15 is 0 Å². The van der Waals surface area contributed by atoms with E-state index in [0.29, 0.717) is 0 Å². The largest absolute Gasteiger partial charge is 0.312 e. The van der Waals surface area contributed by atoms with E-state index in [-0.39, 0.29) is 0 Å². The average Bonchev–Trinajstić information content (AvgIpc) is 2.84. The summed E-state index contributed by atoms with van der Waals surface area (Å²) in [5.74, 6) is 1.03. The van der Waals surface area contributed by atoms with Crippen LogP contribution in [0.3, 0.4) is 0 Å². The summed E-state index contributed by atoms with van der Waals surface area (Å²) in [6.45, 7) is 2.13. The molecule has 1 saturated carbocycles. The normalized spacial score (nSPS) is 16.4. The molecule has 0 amide bonds. The molecule has 1 fully saturated rings. The van der Waals surface area contributed by atoms with Crippen molar-refractivity contribution in [3.8, 4) is 0 Å². The summed E-state index contributed by atoms with van der Waals surface area (Å²) in [4.78, 5) is 1.33. The molecule has 0 saturated heterocycles. The summed E-state index contributed by atoms with van der Waals surface area (Å²) in [7, 11) is 0. The lowest BCUT2D eigenvalue weighted by atomic mass is 10.3. The van der Waals surface area contributed by atoms with Gasteiger partial charge in [-0.25, -0.2) is 0 Å². The van der Waals surface area contributed by atoms with Crippen molar-refractivity contribution in [2.45, 2.75) is 25.8 Å². The minimum absolute atomic E-state index is 0.888. The minimum Gasteiger partial charge on any atom is -0.312 e. The molecule has 0 aliphatic heterocycles. The Morgan fingerprint density at radius 3 is 2.92 bits per heavy atom. The molecule has 0 spiro atoms. The van der Waals surface area contributed by atoms with Crippen LogP contribution >= 0.6 is 22.9 Å². The summed E-state index contributed by atoms with van der Waals surface area (Å²) in [6, 6.07) is 4.06. The Kier molecular flexibility index (Phi) is 3.25. The van der Waals surface area contributed by atoms with E-state index in [1.165, 1.54) is 24.1 Å². The maximum Gasteiger partial charge on any atom is 0.0931 e. The van der Waals surface area contributed by atoms with Crippen LogP contribution in [0.5, 0.6) is 0 Å². The third-order valence-corrected chi connectivity index (χ3v) is 3.59. The van der Waals surface area contributed by atoms with Gasteiger partial charge in [-0.1, -0.05) is 24.4 Å². The highest BCUT2D eigenvalue weighted by Crippen LogP contribution is 2.31. The van der Waals surface area contributed by atoms with Gasteiger partial charge in [-0.15, -0.1) is 11.3 Å². The monoisotopic (exact) mass is 215 g/mol. The van der Waals surface area contributed by atoms with Crippen LogP contribution in [0, 0.1) is 5.92 Å². The Morgan fingerprint density at radius 2 is 2.31 bits per heavy atom. The number of halogens is 1. The molecule has 0 unspecified atom stereocenters. The number of nitrogens with one attached hydrogen (secondary N) is 1. The van der Waals surface area contributed by atoms with E-state index in [4.69, 9.17) is 11.6 Å². The third-order valence-electron chi connectivity index (χ3n) is 2.35. The van der Waals surface area contributed by atoms with E-state index in [1.807, 2.05) is 6.07 Å². The molecule has 13 heavy (non-hydrogen) atoms. The smallest absolute Gasteiger partial charge is 0.0931 e. The van der Waals surface area contributed by atoms with Gasteiger partial charge >= 0.3 is 0 Å². The van der Waals surface area contributed by atoms with Crippen molar-refractivity contribution in [2.24, 2.45) is 5.92 Å². The van der Waals surface area contributed by atoms with Gasteiger partial charge in [-0.3, -0.25) is 0 Å². The molecule has 2 rings (SSSR count). The van der Waals surface area contributed by atoms with Crippen LogP contribution in [0.1, 0.15) is 24.1 Å². The molecule has 1 N–H and O–H groups in total. The molecular formula is C10H14ClNS. The highest BCUT2D eigenvalue weighted by atomic mass is 35.5. The summed E-state index contributed by atoms with van der Waals surface area (Å²) < 4.78 is 0.888. The second-order valence-electron chi connectivity index (χ2n) is 3.61. The molecule has 1 aromatic rings. The van der Waals surface area contributed by atoms with Crippen molar-refractivity contribution in [3.63, 3.8) is 0 Å². The standard InChI is InChI=1S/C10H14ClNS/c11-10-4-3-9(13-10)7-12-6-5-8-1-2-8/h3-4,8,12H,1-2,5-7H2. The molecule has 3 heteroatoms. The van der Waals surface area contributed by atoms with Crippen LogP contribution in [0.4, 0.5) is 0 Å². The van der Waals surface area contributed by atoms with Crippen molar-refractivity contribution in [3.05, 3.63) is 21.3 Å². The Hall–Kier alpha value is -0.0500. The van der Waals surface area contributed by atoms with E-state index in [1.54, 1.807) is 11.3 Å². The number of rotatable bonds is 5. The number of hydrogen-bond acceptors (Lipinski definition) is 2. The van der Waals surface area contributed by atoms with Crippen LogP contribution < -0.4 is 5.32 Å². The van der Waals surface area contributed by atoms with E-state index in [2.05, 4.69) is 11.4 Å². The van der Waals surface area contributed by atoms with Crippen LogP contribution in [-0.4, -0.2) is 6.54 Å². The molecule has 1 nitrogen and oxygen atoms in total. The Balaban J connectivity index is 1.61. The Bertz CT molecular complexity index is 268. The molecular weight excluding hydrogens is 202 g/mol. The van der Waals surface area contributed by atoms with Crippen LogP contribution in [0.2, 0.25) is 4.34 Å². The quantitative estimate of drug-likeness (QED) is 0.744. The molecule has 72 valence electrons. The topological polar surface area (TPSA) is 12.0 Å². The second-order valence-corrected chi connectivity index (χ2v) is 5.41. The third kappa shape index (κ3) is 3.29. The Morgan fingerprint density at radius 1 is 1.46 bits per heavy atom. The highest BCUT2D eigenvalue weighted by molar-refractivity contribution is 7.16.